The van der Waals surface area contributed by atoms with Crippen LogP contribution in [0, 0.1) is 5.92 Å². The van der Waals surface area contributed by atoms with Crippen molar-refractivity contribution in [2.45, 2.75) is 59.0 Å². The molecule has 0 aromatic carbocycles. The summed E-state index contributed by atoms with van der Waals surface area (Å²) >= 11 is 0. The van der Waals surface area contributed by atoms with Crippen molar-refractivity contribution in [3.63, 3.8) is 0 Å². The van der Waals surface area contributed by atoms with E-state index in [1.165, 1.54) is 25.7 Å². The van der Waals surface area contributed by atoms with Gasteiger partial charge >= 0.3 is 0 Å². The Hall–Kier alpha value is -0.0800. The third-order valence-corrected chi connectivity index (χ3v) is 2.83. The van der Waals surface area contributed by atoms with E-state index in [1.807, 2.05) is 6.92 Å². The molecule has 0 aliphatic carbocycles. The summed E-state index contributed by atoms with van der Waals surface area (Å²) in [6.07, 6.45) is 5.86. The molecule has 0 rings (SSSR count). The molecule has 2 nitrogen and oxygen atoms in total. The molecular weight excluding hydrogens is 174 g/mol. The number of aliphatic hydroxyl groups is 1. The number of rotatable bonds is 9. The molecule has 0 amide bonds. The smallest absolute Gasteiger partial charge is 0.0662 e. The van der Waals surface area contributed by atoms with Crippen molar-refractivity contribution in [2.75, 3.05) is 13.1 Å². The van der Waals surface area contributed by atoms with E-state index in [-0.39, 0.29) is 6.10 Å². The van der Waals surface area contributed by atoms with Crippen LogP contribution >= 0.6 is 0 Å². The minimum absolute atomic E-state index is 0.168. The first kappa shape index (κ1) is 13.9. The van der Waals surface area contributed by atoms with Gasteiger partial charge in [0.1, 0.15) is 0 Å². The van der Waals surface area contributed by atoms with Gasteiger partial charge in [0, 0.05) is 6.54 Å². The normalized spacial score (nSPS) is 15.4. The van der Waals surface area contributed by atoms with Crippen molar-refractivity contribution in [2.24, 2.45) is 5.92 Å². The van der Waals surface area contributed by atoms with Gasteiger partial charge < -0.3 is 10.4 Å². The highest BCUT2D eigenvalue weighted by atomic mass is 16.3. The van der Waals surface area contributed by atoms with E-state index in [0.717, 1.165) is 25.4 Å². The third kappa shape index (κ3) is 7.34. The standard InChI is InChI=1S/C12H27NO/c1-4-7-8-11(5-2)9-13-10-12(14)6-3/h11-14H,4-10H2,1-3H3. The highest BCUT2D eigenvalue weighted by Gasteiger charge is 2.06. The van der Waals surface area contributed by atoms with Gasteiger partial charge in [0.05, 0.1) is 6.10 Å². The van der Waals surface area contributed by atoms with Crippen molar-refractivity contribution in [1.29, 1.82) is 0 Å². The van der Waals surface area contributed by atoms with Crippen molar-refractivity contribution < 1.29 is 5.11 Å². The average molecular weight is 201 g/mol. The Kier molecular flexibility index (Phi) is 9.42. The van der Waals surface area contributed by atoms with Crippen molar-refractivity contribution >= 4 is 0 Å². The van der Waals surface area contributed by atoms with Crippen LogP contribution in [-0.2, 0) is 0 Å². The van der Waals surface area contributed by atoms with Crippen LogP contribution in [0.4, 0.5) is 0 Å². The molecule has 2 unspecified atom stereocenters. The summed E-state index contributed by atoms with van der Waals surface area (Å²) in [5, 5.41) is 12.7. The van der Waals surface area contributed by atoms with Gasteiger partial charge in [0.25, 0.3) is 0 Å². The second-order valence-electron chi connectivity index (χ2n) is 4.14. The Morgan fingerprint density at radius 3 is 2.29 bits per heavy atom. The molecule has 0 saturated carbocycles. The Morgan fingerprint density at radius 1 is 1.07 bits per heavy atom. The van der Waals surface area contributed by atoms with E-state index in [1.54, 1.807) is 0 Å². The summed E-state index contributed by atoms with van der Waals surface area (Å²) in [5.41, 5.74) is 0. The summed E-state index contributed by atoms with van der Waals surface area (Å²) < 4.78 is 0. The van der Waals surface area contributed by atoms with Crippen LogP contribution in [0.5, 0.6) is 0 Å². The lowest BCUT2D eigenvalue weighted by Gasteiger charge is -2.16. The highest BCUT2D eigenvalue weighted by molar-refractivity contribution is 4.63. The monoisotopic (exact) mass is 201 g/mol. The molecule has 0 aliphatic heterocycles. The first-order chi connectivity index (χ1) is 6.74. The van der Waals surface area contributed by atoms with Gasteiger partial charge in [-0.3, -0.25) is 0 Å². The molecular formula is C12H27NO. The number of hydrogen-bond acceptors (Lipinski definition) is 2. The van der Waals surface area contributed by atoms with Crippen molar-refractivity contribution in [3.05, 3.63) is 0 Å². The van der Waals surface area contributed by atoms with Gasteiger partial charge in [-0.1, -0.05) is 40.0 Å². The molecule has 0 saturated heterocycles. The second-order valence-corrected chi connectivity index (χ2v) is 4.14. The molecule has 2 heteroatoms. The molecule has 2 atom stereocenters. The van der Waals surface area contributed by atoms with Crippen LogP contribution in [-0.4, -0.2) is 24.3 Å². The van der Waals surface area contributed by atoms with E-state index < -0.39 is 0 Å². The molecule has 0 bridgehead atoms. The van der Waals surface area contributed by atoms with Gasteiger partial charge in [0.2, 0.25) is 0 Å². The summed E-state index contributed by atoms with van der Waals surface area (Å²) in [6, 6.07) is 0. The first-order valence-corrected chi connectivity index (χ1v) is 6.13. The highest BCUT2D eigenvalue weighted by Crippen LogP contribution is 2.11. The number of unbranched alkanes of at least 4 members (excludes halogenated alkanes) is 1. The molecule has 0 aromatic heterocycles. The van der Waals surface area contributed by atoms with Gasteiger partial charge in [0.15, 0.2) is 0 Å². The Balaban J connectivity index is 3.42. The minimum atomic E-state index is -0.168. The van der Waals surface area contributed by atoms with E-state index in [0.29, 0.717) is 0 Å². The maximum Gasteiger partial charge on any atom is 0.0662 e. The summed E-state index contributed by atoms with van der Waals surface area (Å²) in [4.78, 5) is 0. The van der Waals surface area contributed by atoms with Gasteiger partial charge in [-0.15, -0.1) is 0 Å². The average Bonchev–Trinajstić information content (AvgIpc) is 2.22. The van der Waals surface area contributed by atoms with Crippen LogP contribution in [0.25, 0.3) is 0 Å². The zero-order valence-electron chi connectivity index (χ0n) is 10.1. The first-order valence-electron chi connectivity index (χ1n) is 6.13. The third-order valence-electron chi connectivity index (χ3n) is 2.83. The molecule has 0 radical (unpaired) electrons. The quantitative estimate of drug-likeness (QED) is 0.601. The zero-order valence-corrected chi connectivity index (χ0v) is 10.1. The van der Waals surface area contributed by atoms with E-state index in [9.17, 15) is 5.11 Å². The Morgan fingerprint density at radius 2 is 1.79 bits per heavy atom. The number of nitrogens with one attached hydrogen (secondary N) is 1. The van der Waals surface area contributed by atoms with Crippen LogP contribution in [0.1, 0.15) is 52.9 Å². The second kappa shape index (κ2) is 9.47. The van der Waals surface area contributed by atoms with E-state index in [4.69, 9.17) is 0 Å². The largest absolute Gasteiger partial charge is 0.392 e. The molecule has 0 aliphatic rings. The molecule has 2 N–H and O–H groups in total. The number of aliphatic hydroxyl groups excluding tert-OH is 1. The molecule has 0 aromatic rings. The Labute approximate surface area is 89.1 Å². The lowest BCUT2D eigenvalue weighted by atomic mass is 9.99. The van der Waals surface area contributed by atoms with E-state index >= 15 is 0 Å². The molecule has 0 fully saturated rings. The predicted molar refractivity (Wildman–Crippen MR) is 62.5 cm³/mol. The molecule has 14 heavy (non-hydrogen) atoms. The maximum atomic E-state index is 9.36. The fraction of sp³-hybridized carbons (Fsp3) is 1.00. The van der Waals surface area contributed by atoms with E-state index in [2.05, 4.69) is 19.2 Å². The van der Waals surface area contributed by atoms with Gasteiger partial charge in [-0.25, -0.2) is 0 Å². The fourth-order valence-corrected chi connectivity index (χ4v) is 1.54. The van der Waals surface area contributed by atoms with Gasteiger partial charge in [-0.05, 0) is 25.3 Å². The lowest BCUT2D eigenvalue weighted by molar-refractivity contribution is 0.165. The summed E-state index contributed by atoms with van der Waals surface area (Å²) in [7, 11) is 0. The number of hydrogen-bond donors (Lipinski definition) is 2. The van der Waals surface area contributed by atoms with Gasteiger partial charge in [-0.2, -0.15) is 0 Å². The van der Waals surface area contributed by atoms with Crippen LogP contribution in [0.15, 0.2) is 0 Å². The maximum absolute atomic E-state index is 9.36. The van der Waals surface area contributed by atoms with Crippen LogP contribution in [0.3, 0.4) is 0 Å². The SMILES string of the molecule is CCCCC(CC)CNCC(O)CC. The molecule has 0 heterocycles. The molecule has 0 spiro atoms. The lowest BCUT2D eigenvalue weighted by Crippen LogP contribution is -2.30. The van der Waals surface area contributed by atoms with Crippen LogP contribution in [0.2, 0.25) is 0 Å². The predicted octanol–water partition coefficient (Wildman–Crippen LogP) is 2.56. The fourth-order valence-electron chi connectivity index (χ4n) is 1.54. The summed E-state index contributed by atoms with van der Waals surface area (Å²) in [6.45, 7) is 8.31. The van der Waals surface area contributed by atoms with Crippen molar-refractivity contribution in [3.8, 4) is 0 Å². The van der Waals surface area contributed by atoms with Crippen molar-refractivity contribution in [1.82, 2.24) is 5.32 Å². The summed E-state index contributed by atoms with van der Waals surface area (Å²) in [5.74, 6) is 0.791. The Bertz CT molecular complexity index is 117. The minimum Gasteiger partial charge on any atom is -0.392 e. The molecule has 86 valence electrons. The topological polar surface area (TPSA) is 32.3 Å². The van der Waals surface area contributed by atoms with Crippen LogP contribution < -0.4 is 5.32 Å². The zero-order chi connectivity index (χ0) is 10.8.